The summed E-state index contributed by atoms with van der Waals surface area (Å²) >= 11 is 0. The molecule has 0 spiro atoms. The van der Waals surface area contributed by atoms with Crippen molar-refractivity contribution in [3.05, 3.63) is 59.2 Å². The van der Waals surface area contributed by atoms with Crippen LogP contribution in [0.5, 0.6) is 0 Å². The molecule has 0 amide bonds. The Labute approximate surface area is 159 Å². The molecule has 0 bridgehead atoms. The first-order valence-electron chi connectivity index (χ1n) is 9.40. The Balaban J connectivity index is 1.50. The summed E-state index contributed by atoms with van der Waals surface area (Å²) in [6.07, 6.45) is 3.22. The average molecular weight is 364 g/mol. The lowest BCUT2D eigenvalue weighted by Gasteiger charge is -2.44. The monoisotopic (exact) mass is 364 g/mol. The second kappa shape index (κ2) is 6.91. The minimum Gasteiger partial charge on any atom is -0.384 e. The van der Waals surface area contributed by atoms with Gasteiger partial charge in [0.05, 0.1) is 17.9 Å². The third-order valence-corrected chi connectivity index (χ3v) is 5.48. The standard InChI is InChI=1S/C21H24N4O2/c1-14-12-25(13-15(2)27-14)20-6-4-5-18(24-20)21(26)10-17(11-21)16-7-8-23-19(9-16)22-3/h4-9,14-15,17,26H,10-13H2,1-2H3/t14-,15+,17?,21?. The molecule has 4 rings (SSSR count). The Hall–Kier alpha value is -2.49. The van der Waals surface area contributed by atoms with Gasteiger partial charge >= 0.3 is 0 Å². The van der Waals surface area contributed by atoms with Gasteiger partial charge in [0.15, 0.2) is 0 Å². The van der Waals surface area contributed by atoms with Crippen LogP contribution in [0.1, 0.15) is 43.9 Å². The zero-order chi connectivity index (χ0) is 19.0. The number of aliphatic hydroxyl groups is 1. The molecule has 6 nitrogen and oxygen atoms in total. The van der Waals surface area contributed by atoms with Crippen molar-refractivity contribution in [2.24, 2.45) is 0 Å². The third kappa shape index (κ3) is 3.53. The van der Waals surface area contributed by atoms with Gasteiger partial charge in [0.2, 0.25) is 0 Å². The van der Waals surface area contributed by atoms with E-state index in [9.17, 15) is 5.11 Å². The highest BCUT2D eigenvalue weighted by Crippen LogP contribution is 2.50. The zero-order valence-corrected chi connectivity index (χ0v) is 15.7. The van der Waals surface area contributed by atoms with E-state index < -0.39 is 5.60 Å². The van der Waals surface area contributed by atoms with E-state index in [2.05, 4.69) is 28.6 Å². The molecule has 0 aromatic carbocycles. The van der Waals surface area contributed by atoms with Gasteiger partial charge in [0.1, 0.15) is 17.6 Å². The molecule has 2 fully saturated rings. The lowest BCUT2D eigenvalue weighted by atomic mass is 9.66. The van der Waals surface area contributed by atoms with Crippen molar-refractivity contribution in [1.29, 1.82) is 0 Å². The first-order valence-corrected chi connectivity index (χ1v) is 9.40. The normalized spacial score (nSPS) is 30.4. The number of anilines is 1. The van der Waals surface area contributed by atoms with Crippen LogP contribution in [-0.4, -0.2) is 40.4 Å². The molecule has 1 saturated heterocycles. The zero-order valence-electron chi connectivity index (χ0n) is 15.7. The lowest BCUT2D eigenvalue weighted by Crippen LogP contribution is -2.46. The number of aromatic nitrogens is 2. The first kappa shape index (κ1) is 17.9. The van der Waals surface area contributed by atoms with Crippen LogP contribution in [-0.2, 0) is 10.3 Å². The predicted molar refractivity (Wildman–Crippen MR) is 103 cm³/mol. The average Bonchev–Trinajstić information content (AvgIpc) is 2.65. The molecule has 1 saturated carbocycles. The van der Waals surface area contributed by atoms with E-state index in [4.69, 9.17) is 16.3 Å². The minimum atomic E-state index is -0.911. The summed E-state index contributed by atoms with van der Waals surface area (Å²) < 4.78 is 5.80. The van der Waals surface area contributed by atoms with Gasteiger partial charge in [0, 0.05) is 13.1 Å². The van der Waals surface area contributed by atoms with Crippen LogP contribution in [0.3, 0.4) is 0 Å². The van der Waals surface area contributed by atoms with Gasteiger partial charge in [0.25, 0.3) is 5.82 Å². The molecule has 2 aromatic heterocycles. The molecule has 3 heterocycles. The second-order valence-electron chi connectivity index (χ2n) is 7.74. The summed E-state index contributed by atoms with van der Waals surface area (Å²) in [5, 5.41) is 11.1. The Bertz CT molecular complexity index is 862. The predicted octanol–water partition coefficient (Wildman–Crippen LogP) is 3.41. The van der Waals surface area contributed by atoms with Crippen LogP contribution in [0.2, 0.25) is 0 Å². The Morgan fingerprint density at radius 1 is 1.22 bits per heavy atom. The Morgan fingerprint density at radius 3 is 2.67 bits per heavy atom. The summed E-state index contributed by atoms with van der Waals surface area (Å²) in [5.74, 6) is 1.52. The van der Waals surface area contributed by atoms with E-state index >= 15 is 0 Å². The van der Waals surface area contributed by atoms with Crippen molar-refractivity contribution in [2.75, 3.05) is 18.0 Å². The van der Waals surface area contributed by atoms with E-state index in [0.29, 0.717) is 18.7 Å². The van der Waals surface area contributed by atoms with Crippen molar-refractivity contribution in [3.8, 4) is 0 Å². The van der Waals surface area contributed by atoms with E-state index in [-0.39, 0.29) is 18.1 Å². The molecule has 0 radical (unpaired) electrons. The number of morpholine rings is 1. The van der Waals surface area contributed by atoms with Crippen molar-refractivity contribution in [1.82, 2.24) is 9.97 Å². The van der Waals surface area contributed by atoms with Gasteiger partial charge in [-0.15, -0.1) is 4.98 Å². The largest absolute Gasteiger partial charge is 0.384 e. The quantitative estimate of drug-likeness (QED) is 0.846. The smallest absolute Gasteiger partial charge is 0.269 e. The van der Waals surface area contributed by atoms with Gasteiger partial charge in [-0.3, -0.25) is 0 Å². The number of pyridine rings is 2. The van der Waals surface area contributed by atoms with Crippen molar-refractivity contribution in [2.45, 2.75) is 50.4 Å². The van der Waals surface area contributed by atoms with Crippen molar-refractivity contribution >= 4 is 11.6 Å². The van der Waals surface area contributed by atoms with Gasteiger partial charge in [-0.2, -0.15) is 0 Å². The van der Waals surface area contributed by atoms with Crippen LogP contribution in [0.15, 0.2) is 36.5 Å². The second-order valence-corrected chi connectivity index (χ2v) is 7.74. The van der Waals surface area contributed by atoms with Crippen LogP contribution in [0.4, 0.5) is 11.6 Å². The van der Waals surface area contributed by atoms with Crippen LogP contribution < -0.4 is 4.90 Å². The summed E-state index contributed by atoms with van der Waals surface area (Å²) in [6.45, 7) is 12.9. The van der Waals surface area contributed by atoms with Crippen molar-refractivity contribution in [3.63, 3.8) is 0 Å². The van der Waals surface area contributed by atoms with Gasteiger partial charge in [-0.05, 0) is 62.4 Å². The van der Waals surface area contributed by atoms with Gasteiger partial charge < -0.3 is 19.6 Å². The SMILES string of the molecule is [C-]#[N+]c1cc(C2CC(O)(c3cccc(N4C[C@@H](C)O[C@@H](C)C4)n3)C2)ccn1. The molecule has 27 heavy (non-hydrogen) atoms. The summed E-state index contributed by atoms with van der Waals surface area (Å²) in [6, 6.07) is 9.62. The molecule has 2 atom stereocenters. The topological polar surface area (TPSA) is 62.8 Å². The highest BCUT2D eigenvalue weighted by Gasteiger charge is 2.46. The molecular weight excluding hydrogens is 340 g/mol. The summed E-state index contributed by atoms with van der Waals surface area (Å²) in [7, 11) is 0. The Morgan fingerprint density at radius 2 is 1.96 bits per heavy atom. The fourth-order valence-electron chi connectivity index (χ4n) is 4.17. The van der Waals surface area contributed by atoms with Gasteiger partial charge in [-0.1, -0.05) is 12.6 Å². The lowest BCUT2D eigenvalue weighted by molar-refractivity contribution is -0.0586. The fraction of sp³-hybridized carbons (Fsp3) is 0.476. The van der Waals surface area contributed by atoms with Gasteiger partial charge in [-0.25, -0.2) is 4.98 Å². The molecule has 6 heteroatoms. The Kier molecular flexibility index (Phi) is 4.58. The third-order valence-electron chi connectivity index (χ3n) is 5.48. The molecule has 1 N–H and O–H groups in total. The summed E-state index contributed by atoms with van der Waals surface area (Å²) in [4.78, 5) is 14.4. The maximum absolute atomic E-state index is 11.1. The summed E-state index contributed by atoms with van der Waals surface area (Å²) in [5.41, 5.74) is 0.876. The number of hydrogen-bond acceptors (Lipinski definition) is 5. The van der Waals surface area contributed by atoms with Crippen molar-refractivity contribution < 1.29 is 9.84 Å². The molecule has 0 unspecified atom stereocenters. The number of nitrogens with zero attached hydrogens (tertiary/aromatic N) is 4. The molecule has 2 aliphatic rings. The van der Waals surface area contributed by atoms with Crippen LogP contribution in [0, 0.1) is 6.57 Å². The van der Waals surface area contributed by atoms with E-state index in [1.807, 2.05) is 30.3 Å². The number of ether oxygens (including phenoxy) is 1. The van der Waals surface area contributed by atoms with Crippen LogP contribution >= 0.6 is 0 Å². The number of rotatable bonds is 3. The van der Waals surface area contributed by atoms with E-state index in [1.165, 1.54) is 0 Å². The van der Waals surface area contributed by atoms with E-state index in [1.54, 1.807) is 6.20 Å². The number of hydrogen-bond donors (Lipinski definition) is 1. The first-order chi connectivity index (χ1) is 13.0. The van der Waals surface area contributed by atoms with E-state index in [0.717, 1.165) is 30.2 Å². The molecule has 1 aliphatic carbocycles. The maximum atomic E-state index is 11.1. The minimum absolute atomic E-state index is 0.165. The molecule has 2 aromatic rings. The molecule has 1 aliphatic heterocycles. The highest BCUT2D eigenvalue weighted by atomic mass is 16.5. The van der Waals surface area contributed by atoms with Crippen LogP contribution in [0.25, 0.3) is 4.85 Å². The fourth-order valence-corrected chi connectivity index (χ4v) is 4.17. The molecular formula is C21H24N4O2. The maximum Gasteiger partial charge on any atom is 0.269 e. The molecule has 140 valence electrons. The highest BCUT2D eigenvalue weighted by molar-refractivity contribution is 5.43.